The van der Waals surface area contributed by atoms with Gasteiger partial charge in [-0.2, -0.15) is 5.10 Å². The molecule has 0 atom stereocenters. The Morgan fingerprint density at radius 3 is 2.50 bits per heavy atom. The van der Waals surface area contributed by atoms with Crippen LogP contribution in [0.5, 0.6) is 5.75 Å². The van der Waals surface area contributed by atoms with Crippen molar-refractivity contribution in [3.63, 3.8) is 0 Å². The SMILES string of the molecule is CCCCOc1ccc(CNC(=O)c2ccc3cnn(Cc4ccc(C)cc4)c3c2)cc1. The number of rotatable bonds is 9. The molecule has 1 aromatic heterocycles. The summed E-state index contributed by atoms with van der Waals surface area (Å²) >= 11 is 0. The molecule has 5 heteroatoms. The average molecular weight is 428 g/mol. The number of amides is 1. The van der Waals surface area contributed by atoms with Crippen LogP contribution >= 0.6 is 0 Å². The van der Waals surface area contributed by atoms with E-state index in [9.17, 15) is 4.79 Å². The Labute approximate surface area is 189 Å². The predicted octanol–water partition coefficient (Wildman–Crippen LogP) is 5.50. The number of ether oxygens (including phenoxy) is 1. The van der Waals surface area contributed by atoms with Crippen LogP contribution in [0.4, 0.5) is 0 Å². The lowest BCUT2D eigenvalue weighted by Crippen LogP contribution is -2.22. The molecule has 0 aliphatic heterocycles. The largest absolute Gasteiger partial charge is 0.494 e. The molecule has 0 aliphatic carbocycles. The first-order valence-electron chi connectivity index (χ1n) is 11.1. The van der Waals surface area contributed by atoms with Gasteiger partial charge in [-0.1, -0.05) is 61.4 Å². The fourth-order valence-corrected chi connectivity index (χ4v) is 3.53. The van der Waals surface area contributed by atoms with Crippen molar-refractivity contribution in [2.45, 2.75) is 39.8 Å². The van der Waals surface area contributed by atoms with E-state index in [0.717, 1.165) is 41.7 Å². The van der Waals surface area contributed by atoms with Gasteiger partial charge in [0, 0.05) is 17.5 Å². The van der Waals surface area contributed by atoms with Crippen molar-refractivity contribution in [1.82, 2.24) is 15.1 Å². The first-order valence-corrected chi connectivity index (χ1v) is 11.1. The predicted molar refractivity (Wildman–Crippen MR) is 128 cm³/mol. The van der Waals surface area contributed by atoms with Gasteiger partial charge in [0.25, 0.3) is 5.91 Å². The minimum absolute atomic E-state index is 0.0988. The molecule has 1 amide bonds. The van der Waals surface area contributed by atoms with Crippen LogP contribution in [0.1, 0.15) is 46.8 Å². The fourth-order valence-electron chi connectivity index (χ4n) is 3.53. The van der Waals surface area contributed by atoms with Crippen LogP contribution < -0.4 is 10.1 Å². The zero-order valence-electron chi connectivity index (χ0n) is 18.7. The number of carbonyl (C=O) groups is 1. The summed E-state index contributed by atoms with van der Waals surface area (Å²) in [6, 6.07) is 22.0. The van der Waals surface area contributed by atoms with Gasteiger partial charge in [-0.15, -0.1) is 0 Å². The maximum absolute atomic E-state index is 12.8. The number of hydrogen-bond acceptors (Lipinski definition) is 3. The summed E-state index contributed by atoms with van der Waals surface area (Å²) in [4.78, 5) is 12.8. The van der Waals surface area contributed by atoms with Crippen LogP contribution in [0, 0.1) is 6.92 Å². The van der Waals surface area contributed by atoms with Crippen LogP contribution in [0.3, 0.4) is 0 Å². The molecule has 0 saturated heterocycles. The van der Waals surface area contributed by atoms with Gasteiger partial charge < -0.3 is 10.1 Å². The number of nitrogens with zero attached hydrogens (tertiary/aromatic N) is 2. The maximum Gasteiger partial charge on any atom is 0.251 e. The van der Waals surface area contributed by atoms with Gasteiger partial charge in [-0.3, -0.25) is 9.48 Å². The molecular formula is C27H29N3O2. The molecule has 0 saturated carbocycles. The molecule has 5 nitrogen and oxygen atoms in total. The van der Waals surface area contributed by atoms with E-state index in [-0.39, 0.29) is 5.91 Å². The third-order valence-corrected chi connectivity index (χ3v) is 5.50. The van der Waals surface area contributed by atoms with Gasteiger partial charge in [-0.25, -0.2) is 0 Å². The van der Waals surface area contributed by atoms with Gasteiger partial charge in [0.05, 0.1) is 24.9 Å². The summed E-state index contributed by atoms with van der Waals surface area (Å²) in [5.41, 5.74) is 5.02. The first kappa shape index (κ1) is 21.6. The zero-order chi connectivity index (χ0) is 22.3. The van der Waals surface area contributed by atoms with E-state index in [1.165, 1.54) is 11.1 Å². The van der Waals surface area contributed by atoms with E-state index in [1.807, 2.05) is 53.3 Å². The van der Waals surface area contributed by atoms with E-state index in [1.54, 1.807) is 0 Å². The molecule has 0 radical (unpaired) electrons. The summed E-state index contributed by atoms with van der Waals surface area (Å²) < 4.78 is 7.63. The third kappa shape index (κ3) is 5.35. The van der Waals surface area contributed by atoms with Crippen molar-refractivity contribution in [2.75, 3.05) is 6.61 Å². The monoisotopic (exact) mass is 427 g/mol. The van der Waals surface area contributed by atoms with Crippen LogP contribution in [0.15, 0.2) is 72.9 Å². The summed E-state index contributed by atoms with van der Waals surface area (Å²) in [7, 11) is 0. The highest BCUT2D eigenvalue weighted by atomic mass is 16.5. The highest BCUT2D eigenvalue weighted by Crippen LogP contribution is 2.18. The molecule has 1 N–H and O–H groups in total. The number of benzene rings is 3. The number of nitrogens with one attached hydrogen (secondary N) is 1. The maximum atomic E-state index is 12.8. The topological polar surface area (TPSA) is 56.1 Å². The van der Waals surface area contributed by atoms with Crippen molar-refractivity contribution >= 4 is 16.8 Å². The fraction of sp³-hybridized carbons (Fsp3) is 0.259. The van der Waals surface area contributed by atoms with Crippen molar-refractivity contribution in [3.8, 4) is 5.75 Å². The minimum atomic E-state index is -0.0988. The number of unbranched alkanes of at least 4 members (excludes halogenated alkanes) is 1. The second-order valence-electron chi connectivity index (χ2n) is 8.09. The molecule has 0 fully saturated rings. The van der Waals surface area contributed by atoms with Gasteiger partial charge >= 0.3 is 0 Å². The minimum Gasteiger partial charge on any atom is -0.494 e. The summed E-state index contributed by atoms with van der Waals surface area (Å²) in [6.45, 7) is 6.09. The smallest absolute Gasteiger partial charge is 0.251 e. The lowest BCUT2D eigenvalue weighted by Gasteiger charge is -2.09. The standard InChI is InChI=1S/C27H29N3O2/c1-3-4-15-32-25-13-9-21(10-14-25)17-28-27(31)23-11-12-24-18-29-30(26(24)16-23)19-22-7-5-20(2)6-8-22/h5-14,16,18H,3-4,15,17,19H2,1-2H3,(H,28,31). The molecule has 0 aliphatic rings. The van der Waals surface area contributed by atoms with Crippen molar-refractivity contribution in [3.05, 3.63) is 95.2 Å². The van der Waals surface area contributed by atoms with Crippen LogP contribution in [-0.4, -0.2) is 22.3 Å². The highest BCUT2D eigenvalue weighted by molar-refractivity contribution is 5.97. The highest BCUT2D eigenvalue weighted by Gasteiger charge is 2.10. The second kappa shape index (κ2) is 10.1. The Kier molecular flexibility index (Phi) is 6.85. The molecule has 0 unspecified atom stereocenters. The number of aryl methyl sites for hydroxylation is 1. The van der Waals surface area contributed by atoms with E-state index in [0.29, 0.717) is 18.7 Å². The van der Waals surface area contributed by atoms with Crippen molar-refractivity contribution in [2.24, 2.45) is 0 Å². The number of aromatic nitrogens is 2. The van der Waals surface area contributed by atoms with Gasteiger partial charge in [-0.05, 0) is 48.7 Å². The van der Waals surface area contributed by atoms with Crippen molar-refractivity contribution < 1.29 is 9.53 Å². The second-order valence-corrected chi connectivity index (χ2v) is 8.09. The quantitative estimate of drug-likeness (QED) is 0.359. The molecule has 4 rings (SSSR count). The number of fused-ring (bicyclic) bond motifs is 1. The molecule has 0 spiro atoms. The van der Waals surface area contributed by atoms with Crippen LogP contribution in [0.25, 0.3) is 10.9 Å². The van der Waals surface area contributed by atoms with Crippen molar-refractivity contribution in [1.29, 1.82) is 0 Å². The number of hydrogen-bond donors (Lipinski definition) is 1. The summed E-state index contributed by atoms with van der Waals surface area (Å²) in [5, 5.41) is 8.55. The van der Waals surface area contributed by atoms with E-state index >= 15 is 0 Å². The van der Waals surface area contributed by atoms with Gasteiger partial charge in [0.1, 0.15) is 5.75 Å². The number of carbonyl (C=O) groups excluding carboxylic acids is 1. The molecule has 32 heavy (non-hydrogen) atoms. The van der Waals surface area contributed by atoms with Crippen LogP contribution in [0.2, 0.25) is 0 Å². The first-order chi connectivity index (χ1) is 15.6. The molecule has 164 valence electrons. The Bertz CT molecular complexity index is 1180. The molecule has 1 heterocycles. The van der Waals surface area contributed by atoms with E-state index in [2.05, 4.69) is 48.5 Å². The zero-order valence-corrected chi connectivity index (χ0v) is 18.7. The average Bonchev–Trinajstić information content (AvgIpc) is 3.22. The van der Waals surface area contributed by atoms with Crippen LogP contribution in [-0.2, 0) is 13.1 Å². The van der Waals surface area contributed by atoms with E-state index < -0.39 is 0 Å². The Balaban J connectivity index is 1.40. The Hall–Kier alpha value is -3.60. The van der Waals surface area contributed by atoms with Gasteiger partial charge in [0.2, 0.25) is 0 Å². The molecule has 0 bridgehead atoms. The Morgan fingerprint density at radius 1 is 1.00 bits per heavy atom. The normalized spacial score (nSPS) is 10.9. The summed E-state index contributed by atoms with van der Waals surface area (Å²) in [6.07, 6.45) is 4.00. The lowest BCUT2D eigenvalue weighted by atomic mass is 10.1. The molecular weight excluding hydrogens is 398 g/mol. The van der Waals surface area contributed by atoms with E-state index in [4.69, 9.17) is 4.74 Å². The summed E-state index contributed by atoms with van der Waals surface area (Å²) in [5.74, 6) is 0.763. The lowest BCUT2D eigenvalue weighted by molar-refractivity contribution is 0.0951. The Morgan fingerprint density at radius 2 is 1.75 bits per heavy atom. The molecule has 3 aromatic carbocycles. The van der Waals surface area contributed by atoms with Gasteiger partial charge in [0.15, 0.2) is 0 Å². The molecule has 4 aromatic rings. The third-order valence-electron chi connectivity index (χ3n) is 5.50.